The molecule has 1 heterocycles. The standard InChI is InChI=1S/C17H21NO2/c1-12-10-16(12)17-7-6-15(20-17)11-18-14-4-2-13(3-5-14)8-9-19/h2-7,12,16,18-19H,8-11H2,1H3/t12-,16+/m0/s1. The molecule has 20 heavy (non-hydrogen) atoms. The predicted molar refractivity (Wildman–Crippen MR) is 79.8 cm³/mol. The van der Waals surface area contributed by atoms with Gasteiger partial charge >= 0.3 is 0 Å². The Morgan fingerprint density at radius 1 is 1.20 bits per heavy atom. The van der Waals surface area contributed by atoms with Crippen molar-refractivity contribution in [1.29, 1.82) is 0 Å². The molecule has 0 saturated heterocycles. The normalized spacial score (nSPS) is 20.9. The van der Waals surface area contributed by atoms with Gasteiger partial charge in [-0.05, 0) is 48.6 Å². The quantitative estimate of drug-likeness (QED) is 0.844. The number of benzene rings is 1. The van der Waals surface area contributed by atoms with E-state index in [1.807, 2.05) is 24.3 Å². The molecule has 0 aliphatic heterocycles. The molecule has 3 nitrogen and oxygen atoms in total. The summed E-state index contributed by atoms with van der Waals surface area (Å²) in [5.74, 6) is 3.54. The van der Waals surface area contributed by atoms with Gasteiger partial charge in [-0.25, -0.2) is 0 Å². The predicted octanol–water partition coefficient (Wildman–Crippen LogP) is 3.55. The number of furan rings is 1. The average molecular weight is 271 g/mol. The summed E-state index contributed by atoms with van der Waals surface area (Å²) < 4.78 is 5.87. The van der Waals surface area contributed by atoms with Crippen molar-refractivity contribution in [1.82, 2.24) is 0 Å². The number of aliphatic hydroxyl groups excluding tert-OH is 1. The molecule has 0 bridgehead atoms. The summed E-state index contributed by atoms with van der Waals surface area (Å²) >= 11 is 0. The van der Waals surface area contributed by atoms with Gasteiger partial charge in [0.15, 0.2) is 0 Å². The fourth-order valence-electron chi connectivity index (χ4n) is 2.51. The van der Waals surface area contributed by atoms with Crippen molar-refractivity contribution in [2.24, 2.45) is 5.92 Å². The molecule has 2 aromatic rings. The molecule has 3 heteroatoms. The first kappa shape index (κ1) is 13.3. The van der Waals surface area contributed by atoms with Crippen molar-refractivity contribution in [3.05, 3.63) is 53.5 Å². The van der Waals surface area contributed by atoms with Crippen molar-refractivity contribution < 1.29 is 9.52 Å². The van der Waals surface area contributed by atoms with E-state index in [4.69, 9.17) is 9.52 Å². The lowest BCUT2D eigenvalue weighted by atomic mass is 10.1. The molecule has 0 spiro atoms. The molecule has 0 radical (unpaired) electrons. The number of rotatable bonds is 6. The maximum absolute atomic E-state index is 8.88. The molecule has 106 valence electrons. The second-order valence-electron chi connectivity index (χ2n) is 5.65. The molecule has 0 amide bonds. The Morgan fingerprint density at radius 3 is 2.60 bits per heavy atom. The van der Waals surface area contributed by atoms with E-state index in [0.29, 0.717) is 18.9 Å². The first-order chi connectivity index (χ1) is 9.76. The SMILES string of the molecule is C[C@H]1C[C@H]1c1ccc(CNc2ccc(CCO)cc2)o1. The fourth-order valence-corrected chi connectivity index (χ4v) is 2.51. The van der Waals surface area contributed by atoms with Gasteiger partial charge in [0.2, 0.25) is 0 Å². The van der Waals surface area contributed by atoms with Gasteiger partial charge in [-0.2, -0.15) is 0 Å². The Labute approximate surface area is 119 Å². The van der Waals surface area contributed by atoms with E-state index in [1.165, 1.54) is 6.42 Å². The van der Waals surface area contributed by atoms with Crippen molar-refractivity contribution in [2.45, 2.75) is 32.2 Å². The number of anilines is 1. The molecule has 2 N–H and O–H groups in total. The third-order valence-corrected chi connectivity index (χ3v) is 3.98. The van der Waals surface area contributed by atoms with Gasteiger partial charge in [-0.3, -0.25) is 0 Å². The summed E-state index contributed by atoms with van der Waals surface area (Å²) in [7, 11) is 0. The summed E-state index contributed by atoms with van der Waals surface area (Å²) in [6.07, 6.45) is 1.97. The minimum atomic E-state index is 0.196. The minimum Gasteiger partial charge on any atom is -0.464 e. The van der Waals surface area contributed by atoms with E-state index in [9.17, 15) is 0 Å². The lowest BCUT2D eigenvalue weighted by Gasteiger charge is -2.05. The van der Waals surface area contributed by atoms with Crippen molar-refractivity contribution in [2.75, 3.05) is 11.9 Å². The maximum atomic E-state index is 8.88. The third-order valence-electron chi connectivity index (χ3n) is 3.98. The highest BCUT2D eigenvalue weighted by molar-refractivity contribution is 5.44. The topological polar surface area (TPSA) is 45.4 Å². The lowest BCUT2D eigenvalue weighted by molar-refractivity contribution is 0.299. The zero-order chi connectivity index (χ0) is 13.9. The van der Waals surface area contributed by atoms with Crippen LogP contribution < -0.4 is 5.32 Å². The molecular formula is C17H21NO2. The molecule has 1 aliphatic rings. The Morgan fingerprint density at radius 2 is 1.95 bits per heavy atom. The highest BCUT2D eigenvalue weighted by Gasteiger charge is 2.36. The smallest absolute Gasteiger partial charge is 0.123 e. The van der Waals surface area contributed by atoms with Gasteiger partial charge in [-0.1, -0.05) is 19.1 Å². The Bertz CT molecular complexity index is 559. The number of hydrogen-bond donors (Lipinski definition) is 2. The second kappa shape index (κ2) is 5.71. The molecule has 2 atom stereocenters. The van der Waals surface area contributed by atoms with Crippen LogP contribution in [0.3, 0.4) is 0 Å². The van der Waals surface area contributed by atoms with Crippen LogP contribution in [-0.4, -0.2) is 11.7 Å². The number of hydrogen-bond acceptors (Lipinski definition) is 3. The van der Waals surface area contributed by atoms with Gasteiger partial charge in [0.05, 0.1) is 6.54 Å². The van der Waals surface area contributed by atoms with E-state index in [0.717, 1.165) is 28.7 Å². The van der Waals surface area contributed by atoms with E-state index in [-0.39, 0.29) is 6.61 Å². The Kier molecular flexibility index (Phi) is 3.79. The van der Waals surface area contributed by atoms with Crippen LogP contribution >= 0.6 is 0 Å². The van der Waals surface area contributed by atoms with Crippen LogP contribution in [-0.2, 0) is 13.0 Å². The number of aliphatic hydroxyl groups is 1. The van der Waals surface area contributed by atoms with Crippen LogP contribution in [0, 0.1) is 5.92 Å². The molecule has 3 rings (SSSR count). The van der Waals surface area contributed by atoms with E-state index >= 15 is 0 Å². The van der Waals surface area contributed by atoms with Gasteiger partial charge in [-0.15, -0.1) is 0 Å². The first-order valence-corrected chi connectivity index (χ1v) is 7.28. The van der Waals surface area contributed by atoms with Crippen molar-refractivity contribution in [3.8, 4) is 0 Å². The molecule has 1 aromatic carbocycles. The van der Waals surface area contributed by atoms with Crippen LogP contribution in [0.25, 0.3) is 0 Å². The fraction of sp³-hybridized carbons (Fsp3) is 0.412. The monoisotopic (exact) mass is 271 g/mol. The summed E-state index contributed by atoms with van der Waals surface area (Å²) in [5, 5.41) is 12.2. The van der Waals surface area contributed by atoms with Crippen LogP contribution in [0.1, 0.15) is 36.3 Å². The van der Waals surface area contributed by atoms with Crippen molar-refractivity contribution in [3.63, 3.8) is 0 Å². The largest absolute Gasteiger partial charge is 0.464 e. The Balaban J connectivity index is 1.54. The average Bonchev–Trinajstić information content (AvgIpc) is 3.01. The molecule has 0 unspecified atom stereocenters. The van der Waals surface area contributed by atoms with E-state index in [2.05, 4.69) is 24.4 Å². The summed E-state index contributed by atoms with van der Waals surface area (Å²) in [6, 6.07) is 12.3. The summed E-state index contributed by atoms with van der Waals surface area (Å²) in [6.45, 7) is 3.17. The molecule has 1 aromatic heterocycles. The van der Waals surface area contributed by atoms with E-state index < -0.39 is 0 Å². The van der Waals surface area contributed by atoms with Crippen LogP contribution in [0.4, 0.5) is 5.69 Å². The van der Waals surface area contributed by atoms with Gasteiger partial charge in [0, 0.05) is 18.2 Å². The van der Waals surface area contributed by atoms with Crippen LogP contribution in [0.15, 0.2) is 40.8 Å². The molecule has 1 aliphatic carbocycles. The summed E-state index contributed by atoms with van der Waals surface area (Å²) in [5.41, 5.74) is 2.23. The van der Waals surface area contributed by atoms with Crippen molar-refractivity contribution >= 4 is 5.69 Å². The second-order valence-corrected chi connectivity index (χ2v) is 5.65. The van der Waals surface area contributed by atoms with Gasteiger partial charge < -0.3 is 14.8 Å². The van der Waals surface area contributed by atoms with Crippen LogP contribution in [0.2, 0.25) is 0 Å². The zero-order valence-electron chi connectivity index (χ0n) is 11.8. The zero-order valence-corrected chi connectivity index (χ0v) is 11.8. The third kappa shape index (κ3) is 3.05. The molecular weight excluding hydrogens is 250 g/mol. The molecule has 1 saturated carbocycles. The van der Waals surface area contributed by atoms with Gasteiger partial charge in [0.25, 0.3) is 0 Å². The lowest BCUT2D eigenvalue weighted by Crippen LogP contribution is -1.98. The highest BCUT2D eigenvalue weighted by atomic mass is 16.3. The molecule has 1 fully saturated rings. The highest BCUT2D eigenvalue weighted by Crippen LogP contribution is 2.47. The van der Waals surface area contributed by atoms with Gasteiger partial charge in [0.1, 0.15) is 11.5 Å². The number of nitrogens with one attached hydrogen (secondary N) is 1. The maximum Gasteiger partial charge on any atom is 0.123 e. The minimum absolute atomic E-state index is 0.196. The summed E-state index contributed by atoms with van der Waals surface area (Å²) in [4.78, 5) is 0. The first-order valence-electron chi connectivity index (χ1n) is 7.28. The Hall–Kier alpha value is -1.74. The van der Waals surface area contributed by atoms with E-state index in [1.54, 1.807) is 0 Å². The van der Waals surface area contributed by atoms with Crippen LogP contribution in [0.5, 0.6) is 0 Å².